The third-order valence-electron chi connectivity index (χ3n) is 3.27. The van der Waals surface area contributed by atoms with Gasteiger partial charge in [-0.25, -0.2) is 0 Å². The number of benzene rings is 1. The van der Waals surface area contributed by atoms with Gasteiger partial charge in [0, 0.05) is 17.0 Å². The van der Waals surface area contributed by atoms with Gasteiger partial charge in [-0.15, -0.1) is 0 Å². The van der Waals surface area contributed by atoms with E-state index in [0.29, 0.717) is 10.9 Å². The summed E-state index contributed by atoms with van der Waals surface area (Å²) in [5.41, 5.74) is 0.278. The van der Waals surface area contributed by atoms with Crippen molar-refractivity contribution in [2.75, 3.05) is 11.1 Å². The largest absolute Gasteiger partial charge is 0.416 e. The van der Waals surface area contributed by atoms with E-state index in [1.165, 1.54) is 19.1 Å². The van der Waals surface area contributed by atoms with Crippen LogP contribution in [0.3, 0.4) is 0 Å². The number of anilines is 1. The highest BCUT2D eigenvalue weighted by molar-refractivity contribution is 8.00. The third kappa shape index (κ3) is 2.94. The molecule has 0 spiro atoms. The van der Waals surface area contributed by atoms with Crippen LogP contribution in [0.15, 0.2) is 18.2 Å². The average molecular weight is 275 g/mol. The van der Waals surface area contributed by atoms with E-state index in [1.807, 2.05) is 11.8 Å². The van der Waals surface area contributed by atoms with Crippen molar-refractivity contribution < 1.29 is 13.2 Å². The first-order chi connectivity index (χ1) is 8.38. The van der Waals surface area contributed by atoms with Gasteiger partial charge in [0.25, 0.3) is 0 Å². The van der Waals surface area contributed by atoms with Gasteiger partial charge in [-0.1, -0.05) is 13.0 Å². The molecule has 0 saturated carbocycles. The molecule has 5 heteroatoms. The summed E-state index contributed by atoms with van der Waals surface area (Å²) in [6.07, 6.45) is -3.28. The van der Waals surface area contributed by atoms with Gasteiger partial charge in [-0.2, -0.15) is 24.9 Å². The number of halogens is 3. The van der Waals surface area contributed by atoms with Crippen LogP contribution < -0.4 is 5.32 Å². The Morgan fingerprint density at radius 3 is 2.61 bits per heavy atom. The number of hydrogen-bond donors (Lipinski definition) is 1. The molecular weight excluding hydrogens is 259 g/mol. The number of alkyl halides is 3. The molecule has 2 unspecified atom stereocenters. The monoisotopic (exact) mass is 275 g/mol. The van der Waals surface area contributed by atoms with Crippen molar-refractivity contribution in [1.82, 2.24) is 0 Å². The van der Waals surface area contributed by atoms with E-state index in [1.54, 1.807) is 6.07 Å². The smallest absolute Gasteiger partial charge is 0.381 e. The molecule has 2 rings (SSSR count). The van der Waals surface area contributed by atoms with Gasteiger partial charge in [0.15, 0.2) is 0 Å². The molecule has 100 valence electrons. The molecule has 18 heavy (non-hydrogen) atoms. The second kappa shape index (κ2) is 5.03. The quantitative estimate of drug-likeness (QED) is 0.862. The molecule has 1 heterocycles. The molecule has 2 atom stereocenters. The van der Waals surface area contributed by atoms with Crippen molar-refractivity contribution in [2.45, 2.75) is 37.7 Å². The van der Waals surface area contributed by atoms with Crippen molar-refractivity contribution in [2.24, 2.45) is 0 Å². The van der Waals surface area contributed by atoms with Crippen molar-refractivity contribution >= 4 is 17.4 Å². The maximum Gasteiger partial charge on any atom is 0.416 e. The number of rotatable bonds is 2. The van der Waals surface area contributed by atoms with Crippen LogP contribution in [-0.4, -0.2) is 17.0 Å². The molecular formula is C13H16F3NS. The first kappa shape index (κ1) is 13.6. The van der Waals surface area contributed by atoms with Crippen LogP contribution in [0.25, 0.3) is 0 Å². The molecule has 0 bridgehead atoms. The van der Waals surface area contributed by atoms with E-state index in [2.05, 4.69) is 12.2 Å². The lowest BCUT2D eigenvalue weighted by molar-refractivity contribution is -0.138. The van der Waals surface area contributed by atoms with Crippen molar-refractivity contribution in [1.29, 1.82) is 0 Å². The minimum Gasteiger partial charge on any atom is -0.381 e. The van der Waals surface area contributed by atoms with Crippen LogP contribution in [0.5, 0.6) is 0 Å². The molecule has 1 fully saturated rings. The molecule has 1 saturated heterocycles. The van der Waals surface area contributed by atoms with Gasteiger partial charge in [0.2, 0.25) is 0 Å². The fourth-order valence-corrected chi connectivity index (χ4v) is 3.35. The maximum atomic E-state index is 12.8. The van der Waals surface area contributed by atoms with Crippen LogP contribution in [0.2, 0.25) is 0 Å². The Bertz CT molecular complexity index is 431. The zero-order valence-corrected chi connectivity index (χ0v) is 11.2. The SMILES string of the molecule is Cc1ccc(NC2CCSC2C)cc1C(F)(F)F. The molecule has 1 aromatic carbocycles. The predicted octanol–water partition coefficient (Wildman–Crippen LogP) is 4.32. The fraction of sp³-hybridized carbons (Fsp3) is 0.538. The minimum atomic E-state index is -4.28. The zero-order valence-electron chi connectivity index (χ0n) is 10.3. The van der Waals surface area contributed by atoms with Crippen molar-refractivity contribution in [3.05, 3.63) is 29.3 Å². The highest BCUT2D eigenvalue weighted by atomic mass is 32.2. The van der Waals surface area contributed by atoms with Gasteiger partial charge in [0.1, 0.15) is 0 Å². The topological polar surface area (TPSA) is 12.0 Å². The highest BCUT2D eigenvalue weighted by Gasteiger charge is 2.33. The molecule has 1 aliphatic rings. The summed E-state index contributed by atoms with van der Waals surface area (Å²) in [5.74, 6) is 1.07. The van der Waals surface area contributed by atoms with Crippen LogP contribution in [0, 0.1) is 6.92 Å². The Kier molecular flexibility index (Phi) is 3.80. The summed E-state index contributed by atoms with van der Waals surface area (Å²) in [4.78, 5) is 0. The van der Waals surface area contributed by atoms with Crippen LogP contribution >= 0.6 is 11.8 Å². The lowest BCUT2D eigenvalue weighted by atomic mass is 10.1. The van der Waals surface area contributed by atoms with Crippen LogP contribution in [0.4, 0.5) is 18.9 Å². The molecule has 0 aliphatic carbocycles. The van der Waals surface area contributed by atoms with Gasteiger partial charge < -0.3 is 5.32 Å². The Morgan fingerprint density at radius 1 is 1.33 bits per heavy atom. The number of thioether (sulfide) groups is 1. The second-order valence-corrected chi connectivity index (χ2v) is 6.13. The summed E-state index contributed by atoms with van der Waals surface area (Å²) in [7, 11) is 0. The lowest BCUT2D eigenvalue weighted by Gasteiger charge is -2.19. The Morgan fingerprint density at radius 2 is 2.06 bits per heavy atom. The summed E-state index contributed by atoms with van der Waals surface area (Å²) >= 11 is 1.85. The first-order valence-electron chi connectivity index (χ1n) is 5.94. The van der Waals surface area contributed by atoms with Gasteiger partial charge in [-0.05, 0) is 36.8 Å². The number of aryl methyl sites for hydroxylation is 1. The number of nitrogens with one attached hydrogen (secondary N) is 1. The van der Waals surface area contributed by atoms with Crippen LogP contribution in [0.1, 0.15) is 24.5 Å². The third-order valence-corrected chi connectivity index (χ3v) is 4.60. The second-order valence-electron chi connectivity index (χ2n) is 4.64. The number of hydrogen-bond acceptors (Lipinski definition) is 2. The molecule has 1 nitrogen and oxygen atoms in total. The van der Waals surface area contributed by atoms with Gasteiger partial charge >= 0.3 is 6.18 Å². The van der Waals surface area contributed by atoms with Gasteiger partial charge in [-0.3, -0.25) is 0 Å². The molecule has 1 aromatic rings. The van der Waals surface area contributed by atoms with E-state index in [9.17, 15) is 13.2 Å². The fourth-order valence-electron chi connectivity index (χ4n) is 2.15. The predicted molar refractivity (Wildman–Crippen MR) is 70.1 cm³/mol. The van der Waals surface area contributed by atoms with E-state index < -0.39 is 11.7 Å². The summed E-state index contributed by atoms with van der Waals surface area (Å²) in [6.45, 7) is 3.59. The van der Waals surface area contributed by atoms with Crippen molar-refractivity contribution in [3.8, 4) is 0 Å². The maximum absolute atomic E-state index is 12.8. The normalized spacial score (nSPS) is 24.3. The molecule has 0 radical (unpaired) electrons. The molecule has 1 N–H and O–H groups in total. The van der Waals surface area contributed by atoms with E-state index in [0.717, 1.165) is 12.2 Å². The summed E-state index contributed by atoms with van der Waals surface area (Å²) in [5, 5.41) is 3.65. The van der Waals surface area contributed by atoms with E-state index in [4.69, 9.17) is 0 Å². The summed E-state index contributed by atoms with van der Waals surface area (Å²) < 4.78 is 38.4. The lowest BCUT2D eigenvalue weighted by Crippen LogP contribution is -2.25. The van der Waals surface area contributed by atoms with E-state index >= 15 is 0 Å². The minimum absolute atomic E-state index is 0.263. The van der Waals surface area contributed by atoms with E-state index in [-0.39, 0.29) is 11.6 Å². The first-order valence-corrected chi connectivity index (χ1v) is 6.99. The van der Waals surface area contributed by atoms with Crippen LogP contribution in [-0.2, 0) is 6.18 Å². The Hall–Kier alpha value is -0.840. The average Bonchev–Trinajstić information content (AvgIpc) is 2.66. The molecule has 0 amide bonds. The van der Waals surface area contributed by atoms with Gasteiger partial charge in [0.05, 0.1) is 5.56 Å². The standard InChI is InChI=1S/C13H16F3NS/c1-8-3-4-10(7-11(8)13(14,15)16)17-12-5-6-18-9(12)2/h3-4,7,9,12,17H,5-6H2,1-2H3. The Labute approximate surface area is 109 Å². The highest BCUT2D eigenvalue weighted by Crippen LogP contribution is 2.35. The van der Waals surface area contributed by atoms with Crippen molar-refractivity contribution in [3.63, 3.8) is 0 Å². The molecule has 1 aliphatic heterocycles. The molecule has 0 aromatic heterocycles. The zero-order chi connectivity index (χ0) is 13.3. The Balaban J connectivity index is 2.19. The summed E-state index contributed by atoms with van der Waals surface area (Å²) in [6, 6.07) is 4.72.